The third-order valence-corrected chi connectivity index (χ3v) is 2.58. The molecule has 0 bridgehead atoms. The van der Waals surface area contributed by atoms with Gasteiger partial charge in [0.25, 0.3) is 5.91 Å². The van der Waals surface area contributed by atoms with Crippen LogP contribution < -0.4 is 5.73 Å². The molecule has 0 spiro atoms. The molecule has 5 heteroatoms. The van der Waals surface area contributed by atoms with Crippen molar-refractivity contribution < 1.29 is 4.79 Å². The number of halogens is 2. The molecule has 1 unspecified atom stereocenters. The molecule has 1 aromatic rings. The van der Waals surface area contributed by atoms with E-state index in [1.54, 1.807) is 12.1 Å². The number of carbonyl (C=O) groups is 1. The number of carbonyl (C=O) groups excluding carboxylic acids is 1. The lowest BCUT2D eigenvalue weighted by Gasteiger charge is -2.08. The third-order valence-electron chi connectivity index (χ3n) is 1.51. The summed E-state index contributed by atoms with van der Waals surface area (Å²) in [5.41, 5.74) is 7.37. The number of rotatable bonds is 2. The fourth-order valence-electron chi connectivity index (χ4n) is 0.864. The molecule has 0 aliphatic rings. The van der Waals surface area contributed by atoms with E-state index in [4.69, 9.17) is 28.9 Å². The lowest BCUT2D eigenvalue weighted by Crippen LogP contribution is -2.07. The predicted octanol–water partition coefficient (Wildman–Crippen LogP) is 2.77. The number of thiol groups is 1. The van der Waals surface area contributed by atoms with Gasteiger partial charge < -0.3 is 0 Å². The highest BCUT2D eigenvalue weighted by Gasteiger charge is 2.16. The second-order valence-corrected chi connectivity index (χ2v) is 3.79. The molecule has 0 aliphatic heterocycles. The van der Waals surface area contributed by atoms with Gasteiger partial charge in [-0.25, -0.2) is 0 Å². The highest BCUT2D eigenvalue weighted by atomic mass is 35.5. The van der Waals surface area contributed by atoms with Crippen LogP contribution in [0.3, 0.4) is 0 Å². The summed E-state index contributed by atoms with van der Waals surface area (Å²) in [4.78, 5) is 10.7. The van der Waals surface area contributed by atoms with Gasteiger partial charge in [-0.15, -0.1) is 0 Å². The van der Waals surface area contributed by atoms with E-state index in [2.05, 4.69) is 12.6 Å². The Morgan fingerprint density at radius 2 is 2.08 bits per heavy atom. The molecule has 0 aromatic heterocycles. The molecule has 0 saturated heterocycles. The number of hydrogen-bond acceptors (Lipinski definition) is 2. The van der Waals surface area contributed by atoms with Crippen molar-refractivity contribution in [2.24, 2.45) is 0 Å². The van der Waals surface area contributed by atoms with Gasteiger partial charge in [-0.1, -0.05) is 29.3 Å². The largest absolute Gasteiger partial charge is 0.272 e. The zero-order valence-electron chi connectivity index (χ0n) is 6.42. The molecule has 0 fully saturated rings. The Kier molecular flexibility index (Phi) is 3.47. The van der Waals surface area contributed by atoms with Crippen LogP contribution in [-0.2, 0) is 4.79 Å². The Labute approximate surface area is 91.4 Å². The molecule has 13 heavy (non-hydrogen) atoms. The fraction of sp³-hybridized carbons (Fsp3) is 0.125. The normalized spacial score (nSPS) is 12.5. The topological polar surface area (TPSA) is 40.9 Å². The van der Waals surface area contributed by atoms with Crippen LogP contribution in [0.25, 0.3) is 0 Å². The van der Waals surface area contributed by atoms with Gasteiger partial charge in [0.15, 0.2) is 0 Å². The van der Waals surface area contributed by atoms with E-state index in [1.807, 2.05) is 0 Å². The monoisotopic (exact) mass is 234 g/mol. The minimum Gasteiger partial charge on any atom is -0.272 e. The van der Waals surface area contributed by atoms with E-state index in [9.17, 15) is 4.79 Å². The van der Waals surface area contributed by atoms with Crippen molar-refractivity contribution in [2.75, 3.05) is 0 Å². The maximum Gasteiger partial charge on any atom is 0.255 e. The van der Waals surface area contributed by atoms with E-state index < -0.39 is 11.2 Å². The van der Waals surface area contributed by atoms with Gasteiger partial charge in [0.1, 0.15) is 5.25 Å². The van der Waals surface area contributed by atoms with Crippen LogP contribution >= 0.6 is 35.8 Å². The number of nitrogens with one attached hydrogen (secondary N) is 1. The van der Waals surface area contributed by atoms with Gasteiger partial charge in [0.2, 0.25) is 0 Å². The third kappa shape index (κ3) is 2.53. The first kappa shape index (κ1) is 10.7. The molecule has 0 aliphatic carbocycles. The molecule has 0 saturated carbocycles. The van der Waals surface area contributed by atoms with Crippen molar-refractivity contribution in [3.05, 3.63) is 33.8 Å². The summed E-state index contributed by atoms with van der Waals surface area (Å²) in [6, 6.07) is 4.72. The first-order valence-electron chi connectivity index (χ1n) is 3.41. The Balaban J connectivity index is 3.08. The average Bonchev–Trinajstić information content (AvgIpc) is 2.03. The van der Waals surface area contributed by atoms with Crippen LogP contribution in [0.4, 0.5) is 0 Å². The second kappa shape index (κ2) is 4.22. The molecule has 1 rings (SSSR count). The van der Waals surface area contributed by atoms with Crippen LogP contribution in [0.15, 0.2) is 18.2 Å². The average molecular weight is 235 g/mol. The smallest absolute Gasteiger partial charge is 0.255 e. The fourth-order valence-corrected chi connectivity index (χ4v) is 1.68. The zero-order chi connectivity index (χ0) is 10.0. The highest BCUT2D eigenvalue weighted by Crippen LogP contribution is 2.29. The van der Waals surface area contributed by atoms with Gasteiger partial charge in [-0.3, -0.25) is 10.5 Å². The molecule has 1 radical (unpaired) electrons. The molecule has 1 atom stereocenters. The predicted molar refractivity (Wildman–Crippen MR) is 56.3 cm³/mol. The van der Waals surface area contributed by atoms with Crippen LogP contribution in [0, 0.1) is 0 Å². The van der Waals surface area contributed by atoms with Gasteiger partial charge in [-0.05, 0) is 17.7 Å². The first-order valence-corrected chi connectivity index (χ1v) is 4.68. The lowest BCUT2D eigenvalue weighted by atomic mass is 10.1. The lowest BCUT2D eigenvalue weighted by molar-refractivity contribution is -0.118. The number of benzene rings is 1. The first-order chi connectivity index (χ1) is 6.02. The molecule has 0 heterocycles. The van der Waals surface area contributed by atoms with Gasteiger partial charge in [0.05, 0.1) is 0 Å². The summed E-state index contributed by atoms with van der Waals surface area (Å²) in [5, 5.41) is 0.0459. The summed E-state index contributed by atoms with van der Waals surface area (Å²) >= 11 is 15.4. The van der Waals surface area contributed by atoms with Crippen molar-refractivity contribution in [3.63, 3.8) is 0 Å². The molecular formula is C8H6Cl2NOS. The standard InChI is InChI=1S/C8H6Cl2NOS/c9-4-1-2-5(6(10)3-4)7(13)8(11)12/h1-3,7,11,13H. The molecule has 2 nitrogen and oxygen atoms in total. The maximum absolute atomic E-state index is 10.7. The quantitative estimate of drug-likeness (QED) is 0.786. The van der Waals surface area contributed by atoms with Crippen LogP contribution in [0.2, 0.25) is 10.0 Å². The van der Waals surface area contributed by atoms with Crippen LogP contribution in [0.5, 0.6) is 0 Å². The van der Waals surface area contributed by atoms with E-state index in [0.717, 1.165) is 0 Å². The van der Waals surface area contributed by atoms with Crippen molar-refractivity contribution in [3.8, 4) is 0 Å². The van der Waals surface area contributed by atoms with Crippen molar-refractivity contribution in [1.29, 1.82) is 0 Å². The summed E-state index contributed by atoms with van der Waals surface area (Å²) in [6.07, 6.45) is 0. The van der Waals surface area contributed by atoms with Gasteiger partial charge >= 0.3 is 0 Å². The minimum absolute atomic E-state index is 0.355. The molecular weight excluding hydrogens is 229 g/mol. The second-order valence-electron chi connectivity index (χ2n) is 2.43. The van der Waals surface area contributed by atoms with Gasteiger partial charge in [-0.2, -0.15) is 12.6 Å². The Hall–Kier alpha value is -0.380. The molecule has 69 valence electrons. The van der Waals surface area contributed by atoms with Crippen LogP contribution in [0.1, 0.15) is 10.8 Å². The van der Waals surface area contributed by atoms with E-state index in [0.29, 0.717) is 15.6 Å². The Bertz CT molecular complexity index is 343. The molecule has 1 amide bonds. The van der Waals surface area contributed by atoms with E-state index in [-0.39, 0.29) is 0 Å². The maximum atomic E-state index is 10.7. The molecule has 1 N–H and O–H groups in total. The zero-order valence-corrected chi connectivity index (χ0v) is 8.83. The van der Waals surface area contributed by atoms with Crippen molar-refractivity contribution >= 4 is 41.7 Å². The molecule has 1 aromatic carbocycles. The van der Waals surface area contributed by atoms with Crippen LogP contribution in [-0.4, -0.2) is 5.91 Å². The Morgan fingerprint density at radius 1 is 1.46 bits per heavy atom. The summed E-state index contributed by atoms with van der Waals surface area (Å²) in [7, 11) is 0. The van der Waals surface area contributed by atoms with Crippen molar-refractivity contribution in [2.45, 2.75) is 5.25 Å². The SMILES string of the molecule is [NH]C(=O)C(S)c1ccc(Cl)cc1Cl. The number of amides is 1. The van der Waals surface area contributed by atoms with E-state index >= 15 is 0 Å². The minimum atomic E-state index is -0.801. The summed E-state index contributed by atoms with van der Waals surface area (Å²) in [5.74, 6) is -0.785. The summed E-state index contributed by atoms with van der Waals surface area (Å²) in [6.45, 7) is 0. The van der Waals surface area contributed by atoms with Crippen molar-refractivity contribution in [1.82, 2.24) is 5.73 Å². The van der Waals surface area contributed by atoms with E-state index in [1.165, 1.54) is 6.07 Å². The highest BCUT2D eigenvalue weighted by molar-refractivity contribution is 7.81. The number of hydrogen-bond donors (Lipinski definition) is 1. The Morgan fingerprint density at radius 3 is 2.54 bits per heavy atom. The van der Waals surface area contributed by atoms with Gasteiger partial charge in [0, 0.05) is 10.0 Å². The summed E-state index contributed by atoms with van der Waals surface area (Å²) < 4.78 is 0.